The number of allylic oxidation sites excluding steroid dienone is 1. The molecule has 7 aliphatic rings. The van der Waals surface area contributed by atoms with Crippen LogP contribution >= 0.6 is 0 Å². The molecule has 2 aromatic rings. The number of rotatable bonds is 2. The number of nitrogens with zero attached hydrogens (tertiary/aromatic N) is 2. The van der Waals surface area contributed by atoms with Gasteiger partial charge in [-0.05, 0) is 129 Å². The molecular formula is C34H40N2O. The fraction of sp³-hybridized carbons (Fsp3) is 0.618. The molecule has 9 rings (SSSR count). The normalized spacial score (nSPS) is 45.9. The molecule has 37 heavy (non-hydrogen) atoms. The summed E-state index contributed by atoms with van der Waals surface area (Å²) < 4.78 is 7.62. The van der Waals surface area contributed by atoms with Crippen molar-refractivity contribution in [2.45, 2.75) is 119 Å². The fourth-order valence-corrected chi connectivity index (χ4v) is 11.1. The van der Waals surface area contributed by atoms with Crippen LogP contribution in [0.4, 0.5) is 0 Å². The number of ether oxygens (including phenoxy) is 1. The predicted molar refractivity (Wildman–Crippen MR) is 147 cm³/mol. The monoisotopic (exact) mass is 492 g/mol. The molecule has 2 spiro atoms. The van der Waals surface area contributed by atoms with Crippen molar-refractivity contribution in [3.8, 4) is 0 Å². The van der Waals surface area contributed by atoms with Crippen molar-refractivity contribution < 1.29 is 4.74 Å². The lowest BCUT2D eigenvalue weighted by molar-refractivity contribution is -0.141. The minimum Gasteiger partial charge on any atom is -0.359 e. The van der Waals surface area contributed by atoms with E-state index in [1.165, 1.54) is 93.4 Å². The molecular weight excluding hydrogens is 452 g/mol. The van der Waals surface area contributed by atoms with Crippen molar-refractivity contribution in [1.29, 1.82) is 0 Å². The molecule has 4 aliphatic heterocycles. The third-order valence-corrected chi connectivity index (χ3v) is 12.7. The molecule has 0 radical (unpaired) electrons. The molecule has 6 atom stereocenters. The summed E-state index contributed by atoms with van der Waals surface area (Å²) in [5, 5.41) is 2.58. The highest BCUT2D eigenvalue weighted by atomic mass is 16.5. The maximum Gasteiger partial charge on any atom is 0.0974 e. The number of benzene rings is 1. The average Bonchev–Trinajstić information content (AvgIpc) is 3.68. The van der Waals surface area contributed by atoms with Crippen molar-refractivity contribution in [3.05, 3.63) is 65.5 Å². The summed E-state index contributed by atoms with van der Waals surface area (Å²) in [6, 6.07) is 11.8. The maximum atomic E-state index is 7.62. The first-order chi connectivity index (χ1) is 18.1. The van der Waals surface area contributed by atoms with Gasteiger partial charge < -0.3 is 4.74 Å². The second-order valence-corrected chi connectivity index (χ2v) is 14.0. The van der Waals surface area contributed by atoms with Gasteiger partial charge in [0.05, 0.1) is 11.2 Å². The third-order valence-electron chi connectivity index (χ3n) is 12.7. The number of fused-ring (bicyclic) bond motifs is 4. The zero-order chi connectivity index (χ0) is 24.4. The number of pyridine rings is 1. The Hall–Kier alpha value is -1.97. The SMILES string of the molecule is C[C@]12CC=C3C=C4CC[C@@H](N5C6CCC5CC6)CC45CC[C@]3(O5)[C@@H]1CC[C@@H]2c1ccc2ccncc2c1. The topological polar surface area (TPSA) is 25.4 Å². The van der Waals surface area contributed by atoms with Crippen LogP contribution in [-0.2, 0) is 4.74 Å². The fourth-order valence-electron chi connectivity index (χ4n) is 11.1. The van der Waals surface area contributed by atoms with Crippen LogP contribution < -0.4 is 0 Å². The summed E-state index contributed by atoms with van der Waals surface area (Å²) in [7, 11) is 0. The van der Waals surface area contributed by atoms with E-state index in [1.54, 1.807) is 11.1 Å². The van der Waals surface area contributed by atoms with Crippen molar-refractivity contribution >= 4 is 10.8 Å². The van der Waals surface area contributed by atoms with Crippen molar-refractivity contribution in [2.75, 3.05) is 0 Å². The number of aromatic nitrogens is 1. The number of hydrogen-bond donors (Lipinski definition) is 0. The molecule has 3 aliphatic carbocycles. The average molecular weight is 493 g/mol. The molecule has 1 aromatic carbocycles. The first-order valence-electron chi connectivity index (χ1n) is 15.3. The van der Waals surface area contributed by atoms with Crippen LogP contribution in [-0.4, -0.2) is 39.2 Å². The van der Waals surface area contributed by atoms with E-state index in [-0.39, 0.29) is 16.6 Å². The molecule has 0 amide bonds. The molecule has 1 aromatic heterocycles. The van der Waals surface area contributed by atoms with E-state index < -0.39 is 0 Å². The second-order valence-electron chi connectivity index (χ2n) is 14.0. The Kier molecular flexibility index (Phi) is 4.36. The number of hydrogen-bond acceptors (Lipinski definition) is 3. The lowest BCUT2D eigenvalue weighted by atomic mass is 9.58. The predicted octanol–water partition coefficient (Wildman–Crippen LogP) is 7.47. The van der Waals surface area contributed by atoms with Crippen LogP contribution in [0, 0.1) is 11.3 Å². The Morgan fingerprint density at radius 3 is 2.65 bits per heavy atom. The molecule has 0 N–H and O–H groups in total. The standard InChI is InChI=1S/C34H40N2O/c1-32-14-12-26-19-25-4-5-29(36-27-6-7-28(36)9-8-27)20-33(25)15-16-34(26,37-33)31(32)11-10-30(32)23-3-2-22-13-17-35-21-24(22)18-23/h2-3,12-13,17-19,21,27-31H,4-11,14-16,20H2,1H3/t27?,28?,29-,30-,31-,32-,33?,34-/m1/s1. The van der Waals surface area contributed by atoms with Crippen LogP contribution in [0.15, 0.2) is 60.0 Å². The van der Waals surface area contributed by atoms with Gasteiger partial charge in [-0.2, -0.15) is 0 Å². The second kappa shape index (κ2) is 7.36. The molecule has 5 fully saturated rings. The zero-order valence-corrected chi connectivity index (χ0v) is 22.3. The van der Waals surface area contributed by atoms with Gasteiger partial charge >= 0.3 is 0 Å². The van der Waals surface area contributed by atoms with Gasteiger partial charge in [-0.1, -0.05) is 31.2 Å². The molecule has 5 heterocycles. The minimum atomic E-state index is -0.0461. The van der Waals surface area contributed by atoms with E-state index in [4.69, 9.17) is 4.74 Å². The lowest BCUT2D eigenvalue weighted by Gasteiger charge is -2.55. The first kappa shape index (κ1) is 21.9. The van der Waals surface area contributed by atoms with Gasteiger partial charge in [0.1, 0.15) is 0 Å². The van der Waals surface area contributed by atoms with E-state index in [0.717, 1.165) is 18.1 Å². The van der Waals surface area contributed by atoms with E-state index in [0.29, 0.717) is 11.8 Å². The summed E-state index contributed by atoms with van der Waals surface area (Å²) in [4.78, 5) is 7.39. The van der Waals surface area contributed by atoms with Gasteiger partial charge in [-0.15, -0.1) is 0 Å². The third kappa shape index (κ3) is 2.78. The first-order valence-corrected chi connectivity index (χ1v) is 15.3. The Balaban J connectivity index is 1.06. The summed E-state index contributed by atoms with van der Waals surface area (Å²) in [5.74, 6) is 1.22. The largest absolute Gasteiger partial charge is 0.359 e. The lowest BCUT2D eigenvalue weighted by Crippen LogP contribution is -2.55. The highest BCUT2D eigenvalue weighted by Crippen LogP contribution is 2.69. The van der Waals surface area contributed by atoms with Crippen LogP contribution in [0.3, 0.4) is 0 Å². The summed E-state index contributed by atoms with van der Waals surface area (Å²) >= 11 is 0. The van der Waals surface area contributed by atoms with Gasteiger partial charge in [0.25, 0.3) is 0 Å². The van der Waals surface area contributed by atoms with Crippen molar-refractivity contribution in [2.24, 2.45) is 11.3 Å². The minimum absolute atomic E-state index is 0.0211. The molecule has 2 saturated carbocycles. The quantitative estimate of drug-likeness (QED) is 0.435. The summed E-state index contributed by atoms with van der Waals surface area (Å²) in [6.45, 7) is 2.60. The van der Waals surface area contributed by atoms with Crippen LogP contribution in [0.25, 0.3) is 10.8 Å². The highest BCUT2D eigenvalue weighted by Gasteiger charge is 2.67. The van der Waals surface area contributed by atoms with Crippen molar-refractivity contribution in [1.82, 2.24) is 9.88 Å². The van der Waals surface area contributed by atoms with Gasteiger partial charge in [-0.3, -0.25) is 9.88 Å². The van der Waals surface area contributed by atoms with Gasteiger partial charge in [0.2, 0.25) is 0 Å². The molecule has 3 nitrogen and oxygen atoms in total. The molecule has 192 valence electrons. The van der Waals surface area contributed by atoms with Crippen molar-refractivity contribution in [3.63, 3.8) is 0 Å². The summed E-state index contributed by atoms with van der Waals surface area (Å²) in [5.41, 5.74) is 4.96. The molecule has 1 unspecified atom stereocenters. The molecule has 4 bridgehead atoms. The zero-order valence-electron chi connectivity index (χ0n) is 22.3. The van der Waals surface area contributed by atoms with Gasteiger partial charge in [0, 0.05) is 35.9 Å². The van der Waals surface area contributed by atoms with E-state index in [9.17, 15) is 0 Å². The Bertz CT molecular complexity index is 1340. The Labute approximate surface area is 221 Å². The van der Waals surface area contributed by atoms with Gasteiger partial charge in [-0.25, -0.2) is 0 Å². The van der Waals surface area contributed by atoms with Crippen LogP contribution in [0.5, 0.6) is 0 Å². The molecule has 3 saturated heterocycles. The Morgan fingerprint density at radius 1 is 0.919 bits per heavy atom. The van der Waals surface area contributed by atoms with Crippen LogP contribution in [0.1, 0.15) is 95.5 Å². The highest BCUT2D eigenvalue weighted by molar-refractivity contribution is 5.82. The maximum absolute atomic E-state index is 7.62. The van der Waals surface area contributed by atoms with E-state index in [1.807, 2.05) is 12.4 Å². The van der Waals surface area contributed by atoms with E-state index in [2.05, 4.69) is 53.2 Å². The van der Waals surface area contributed by atoms with Crippen LogP contribution in [0.2, 0.25) is 0 Å². The molecule has 3 heteroatoms. The van der Waals surface area contributed by atoms with E-state index >= 15 is 0 Å². The summed E-state index contributed by atoms with van der Waals surface area (Å²) in [6.07, 6.45) is 25.1. The Morgan fingerprint density at radius 2 is 1.78 bits per heavy atom. The van der Waals surface area contributed by atoms with Gasteiger partial charge in [0.15, 0.2) is 0 Å². The smallest absolute Gasteiger partial charge is 0.0974 e.